The number of rotatable bonds is 10. The zero-order valence-electron chi connectivity index (χ0n) is 22.1. The van der Waals surface area contributed by atoms with Gasteiger partial charge in [-0.2, -0.15) is 18.4 Å². The molecule has 0 spiro atoms. The van der Waals surface area contributed by atoms with Crippen molar-refractivity contribution in [2.24, 2.45) is 5.73 Å². The molecule has 9 nitrogen and oxygen atoms in total. The van der Waals surface area contributed by atoms with Gasteiger partial charge >= 0.3 is 18.1 Å². The predicted molar refractivity (Wildman–Crippen MR) is 137 cm³/mol. The lowest BCUT2D eigenvalue weighted by molar-refractivity contribution is -0.141. The second-order valence-corrected chi connectivity index (χ2v) is 8.61. The zero-order chi connectivity index (χ0) is 29.4. The topological polar surface area (TPSA) is 124 Å². The molecule has 3 rings (SSSR count). The van der Waals surface area contributed by atoms with Gasteiger partial charge in [-0.1, -0.05) is 18.2 Å². The maximum Gasteiger partial charge on any atom is 0.416 e. The van der Waals surface area contributed by atoms with E-state index in [1.807, 2.05) is 6.07 Å². The van der Waals surface area contributed by atoms with Gasteiger partial charge in [0.1, 0.15) is 19.0 Å². The molecule has 2 aromatic carbocycles. The smallest absolute Gasteiger partial charge is 0.416 e. The molecular weight excluding hydrogens is 531 g/mol. The molecule has 1 unspecified atom stereocenters. The number of esters is 2. The number of nitriles is 1. The molecule has 0 aliphatic carbocycles. The predicted octanol–water partition coefficient (Wildman–Crippen LogP) is 4.00. The van der Waals surface area contributed by atoms with Gasteiger partial charge < -0.3 is 29.6 Å². The van der Waals surface area contributed by atoms with Crippen LogP contribution in [0, 0.1) is 11.3 Å². The molecule has 1 heterocycles. The van der Waals surface area contributed by atoms with Crippen LogP contribution >= 0.6 is 0 Å². The largest absolute Gasteiger partial charge is 0.460 e. The summed E-state index contributed by atoms with van der Waals surface area (Å²) < 4.78 is 61.3. The van der Waals surface area contributed by atoms with E-state index in [1.54, 1.807) is 12.1 Å². The minimum Gasteiger partial charge on any atom is -0.460 e. The van der Waals surface area contributed by atoms with E-state index in [-0.39, 0.29) is 54.8 Å². The summed E-state index contributed by atoms with van der Waals surface area (Å²) in [5, 5.41) is 9.24. The first-order chi connectivity index (χ1) is 19.0. The number of ether oxygens (including phenoxy) is 4. The highest BCUT2D eigenvalue weighted by Crippen LogP contribution is 2.44. The Morgan fingerprint density at radius 2 is 1.52 bits per heavy atom. The lowest BCUT2D eigenvalue weighted by Crippen LogP contribution is -2.39. The molecule has 12 heteroatoms. The standard InChI is InChI=1S/C28H28F3N3O6/c1-17-22(26(35)39-13-11-37-2)23(19-9-7-18(16-32)8-10-19)24(27(36)40-14-12-38-3)25(33)34(17)21-6-4-5-20(15-21)28(29,30)31/h4-10,15,23H,11-14,33H2,1-3H3. The van der Waals surface area contributed by atoms with Gasteiger partial charge in [-0.25, -0.2) is 9.59 Å². The first-order valence-electron chi connectivity index (χ1n) is 12.0. The third kappa shape index (κ3) is 6.62. The summed E-state index contributed by atoms with van der Waals surface area (Å²) in [6, 6.07) is 12.4. The molecule has 1 aliphatic heterocycles. The number of hydrogen-bond acceptors (Lipinski definition) is 9. The third-order valence-electron chi connectivity index (χ3n) is 6.11. The Balaban J connectivity index is 2.28. The number of carbonyl (C=O) groups is 2. The van der Waals surface area contributed by atoms with E-state index in [0.717, 1.165) is 12.1 Å². The second-order valence-electron chi connectivity index (χ2n) is 8.61. The summed E-state index contributed by atoms with van der Waals surface area (Å²) in [5.74, 6) is -3.10. The second kappa shape index (κ2) is 13.1. The van der Waals surface area contributed by atoms with E-state index < -0.39 is 29.6 Å². The summed E-state index contributed by atoms with van der Waals surface area (Å²) in [4.78, 5) is 28.1. The fourth-order valence-corrected chi connectivity index (χ4v) is 4.24. The van der Waals surface area contributed by atoms with Crippen LogP contribution in [0.5, 0.6) is 0 Å². The molecule has 40 heavy (non-hydrogen) atoms. The van der Waals surface area contributed by atoms with Crippen molar-refractivity contribution >= 4 is 17.6 Å². The average Bonchev–Trinajstić information content (AvgIpc) is 2.92. The summed E-state index contributed by atoms with van der Waals surface area (Å²) >= 11 is 0. The van der Waals surface area contributed by atoms with Crippen molar-refractivity contribution in [3.8, 4) is 6.07 Å². The zero-order valence-corrected chi connectivity index (χ0v) is 22.1. The van der Waals surface area contributed by atoms with Crippen molar-refractivity contribution in [2.75, 3.05) is 45.5 Å². The van der Waals surface area contributed by atoms with E-state index in [9.17, 15) is 28.0 Å². The Labute approximate surface area is 229 Å². The molecule has 1 aliphatic rings. The Morgan fingerprint density at radius 1 is 0.950 bits per heavy atom. The minimum atomic E-state index is -4.66. The van der Waals surface area contributed by atoms with Gasteiger partial charge in [-0.05, 0) is 42.8 Å². The molecule has 2 N–H and O–H groups in total. The lowest BCUT2D eigenvalue weighted by Gasteiger charge is -2.37. The highest BCUT2D eigenvalue weighted by atomic mass is 19.4. The summed E-state index contributed by atoms with van der Waals surface area (Å²) in [7, 11) is 2.84. The molecule has 0 saturated heterocycles. The SMILES string of the molecule is COCCOC(=O)C1=C(C)N(c2cccc(C(F)(F)F)c2)C(N)=C(C(=O)OCCOC)C1c1ccc(C#N)cc1. The van der Waals surface area contributed by atoms with Crippen LogP contribution in [0.4, 0.5) is 18.9 Å². The van der Waals surface area contributed by atoms with Crippen LogP contribution < -0.4 is 10.6 Å². The van der Waals surface area contributed by atoms with Crippen LogP contribution in [0.1, 0.15) is 29.5 Å². The number of methoxy groups -OCH3 is 2. The molecule has 1 atom stereocenters. The highest BCUT2D eigenvalue weighted by molar-refractivity contribution is 6.01. The van der Waals surface area contributed by atoms with Gasteiger partial charge in [0.25, 0.3) is 0 Å². The number of hydrogen-bond donors (Lipinski definition) is 1. The number of halogens is 3. The molecule has 2 aromatic rings. The quantitative estimate of drug-likeness (QED) is 0.340. The summed E-state index contributed by atoms with van der Waals surface area (Å²) in [5.41, 5.74) is 6.16. The van der Waals surface area contributed by atoms with Crippen LogP contribution in [-0.2, 0) is 34.7 Å². The van der Waals surface area contributed by atoms with Gasteiger partial charge in [0.05, 0.1) is 47.5 Å². The highest BCUT2D eigenvalue weighted by Gasteiger charge is 2.42. The van der Waals surface area contributed by atoms with Crippen molar-refractivity contribution in [1.82, 2.24) is 0 Å². The number of allylic oxidation sites excluding steroid dienone is 1. The van der Waals surface area contributed by atoms with Gasteiger partial charge in [0, 0.05) is 25.6 Å². The minimum absolute atomic E-state index is 0.0347. The van der Waals surface area contributed by atoms with Crippen LogP contribution in [0.25, 0.3) is 0 Å². The van der Waals surface area contributed by atoms with Crippen molar-refractivity contribution in [2.45, 2.75) is 19.0 Å². The van der Waals surface area contributed by atoms with E-state index in [0.29, 0.717) is 11.1 Å². The lowest BCUT2D eigenvalue weighted by atomic mass is 9.80. The van der Waals surface area contributed by atoms with Crippen LogP contribution in [0.15, 0.2) is 71.2 Å². The summed E-state index contributed by atoms with van der Waals surface area (Å²) in [6.07, 6.45) is -4.66. The summed E-state index contributed by atoms with van der Waals surface area (Å²) in [6.45, 7) is 1.37. The van der Waals surface area contributed by atoms with Crippen LogP contribution in [-0.4, -0.2) is 52.6 Å². The number of anilines is 1. The van der Waals surface area contributed by atoms with E-state index >= 15 is 0 Å². The van der Waals surface area contributed by atoms with Crippen molar-refractivity contribution in [1.29, 1.82) is 5.26 Å². The molecule has 0 saturated carbocycles. The maximum atomic E-state index is 13.6. The number of nitrogens with two attached hydrogens (primary N) is 1. The normalized spacial score (nSPS) is 15.6. The van der Waals surface area contributed by atoms with Crippen molar-refractivity contribution < 1.29 is 41.7 Å². The molecule has 212 valence electrons. The molecule has 0 bridgehead atoms. The van der Waals surface area contributed by atoms with Crippen molar-refractivity contribution in [3.05, 3.63) is 87.9 Å². The van der Waals surface area contributed by atoms with Crippen LogP contribution in [0.3, 0.4) is 0 Å². The molecule has 0 aromatic heterocycles. The van der Waals surface area contributed by atoms with E-state index in [1.165, 1.54) is 50.3 Å². The molecular formula is C28H28F3N3O6. The van der Waals surface area contributed by atoms with E-state index in [2.05, 4.69) is 0 Å². The maximum absolute atomic E-state index is 13.6. The number of carbonyl (C=O) groups excluding carboxylic acids is 2. The monoisotopic (exact) mass is 559 g/mol. The third-order valence-corrected chi connectivity index (χ3v) is 6.11. The van der Waals surface area contributed by atoms with Gasteiger partial charge in [-0.3, -0.25) is 0 Å². The Hall–Kier alpha value is -4.34. The number of benzene rings is 2. The van der Waals surface area contributed by atoms with Crippen LogP contribution in [0.2, 0.25) is 0 Å². The van der Waals surface area contributed by atoms with Gasteiger partial charge in [0.15, 0.2) is 0 Å². The molecule has 0 radical (unpaired) electrons. The first-order valence-corrected chi connectivity index (χ1v) is 12.0. The molecule has 0 fully saturated rings. The Kier molecular flexibility index (Phi) is 9.93. The average molecular weight is 560 g/mol. The van der Waals surface area contributed by atoms with Gasteiger partial charge in [-0.15, -0.1) is 0 Å². The van der Waals surface area contributed by atoms with Gasteiger partial charge in [0.2, 0.25) is 0 Å². The van der Waals surface area contributed by atoms with E-state index in [4.69, 9.17) is 24.7 Å². The Morgan fingerprint density at radius 3 is 2.05 bits per heavy atom. The van der Waals surface area contributed by atoms with Crippen molar-refractivity contribution in [3.63, 3.8) is 0 Å². The first kappa shape index (κ1) is 30.2. The number of nitrogens with zero attached hydrogens (tertiary/aromatic N) is 2. The number of alkyl halides is 3. The Bertz CT molecular complexity index is 1300. The molecule has 0 amide bonds. The fourth-order valence-electron chi connectivity index (χ4n) is 4.24. The fraction of sp³-hybridized carbons (Fsp3) is 0.321.